The number of alkyl halides is 3. The van der Waals surface area contributed by atoms with Crippen molar-refractivity contribution in [2.24, 2.45) is 0 Å². The lowest BCUT2D eigenvalue weighted by molar-refractivity contribution is -0.137. The second kappa shape index (κ2) is 8.45. The van der Waals surface area contributed by atoms with E-state index >= 15 is 0 Å². The highest BCUT2D eigenvalue weighted by Crippen LogP contribution is 2.33. The van der Waals surface area contributed by atoms with E-state index in [0.29, 0.717) is 15.6 Å². The normalized spacial score (nSPS) is 11.6. The van der Waals surface area contributed by atoms with Gasteiger partial charge in [0, 0.05) is 33.9 Å². The van der Waals surface area contributed by atoms with Crippen LogP contribution in [0.2, 0.25) is 10.0 Å². The van der Waals surface area contributed by atoms with E-state index in [1.807, 2.05) is 0 Å². The third kappa shape index (κ3) is 5.74. The lowest BCUT2D eigenvalue weighted by atomic mass is 10.0. The molecule has 3 N–H and O–H groups in total. The molecule has 0 amide bonds. The number of hydrogen-bond acceptors (Lipinski definition) is 3. The van der Waals surface area contributed by atoms with Crippen LogP contribution in [0.5, 0.6) is 0 Å². The van der Waals surface area contributed by atoms with E-state index in [1.54, 1.807) is 12.1 Å². The predicted molar refractivity (Wildman–Crippen MR) is 98.8 cm³/mol. The van der Waals surface area contributed by atoms with Crippen molar-refractivity contribution in [1.29, 1.82) is 5.41 Å². The van der Waals surface area contributed by atoms with Crippen LogP contribution in [0.25, 0.3) is 0 Å². The monoisotopic (exact) mass is 416 g/mol. The van der Waals surface area contributed by atoms with Gasteiger partial charge < -0.3 is 15.8 Å². The van der Waals surface area contributed by atoms with Crippen LogP contribution in [0.1, 0.15) is 16.7 Å². The van der Waals surface area contributed by atoms with Gasteiger partial charge in [-0.15, -0.1) is 0 Å². The minimum absolute atomic E-state index is 0.0240. The number of anilines is 1. The number of carbonyl (C=O) groups is 1. The van der Waals surface area contributed by atoms with Crippen LogP contribution in [0.4, 0.5) is 18.9 Å². The van der Waals surface area contributed by atoms with E-state index in [-0.39, 0.29) is 23.5 Å². The Hall–Kier alpha value is -2.51. The molecule has 2 aromatic rings. The predicted octanol–water partition coefficient (Wildman–Crippen LogP) is 5.63. The van der Waals surface area contributed by atoms with Crippen molar-refractivity contribution >= 4 is 40.6 Å². The Labute approximate surface area is 162 Å². The lowest BCUT2D eigenvalue weighted by Crippen LogP contribution is -2.11. The minimum atomic E-state index is -4.56. The fraction of sp³-hybridized carbons (Fsp3) is 0.111. The van der Waals surface area contributed by atoms with E-state index in [0.717, 1.165) is 30.4 Å². The van der Waals surface area contributed by atoms with Gasteiger partial charge in [-0.25, -0.2) is 4.79 Å². The van der Waals surface area contributed by atoms with Crippen molar-refractivity contribution in [1.82, 2.24) is 0 Å². The molecule has 0 radical (unpaired) electrons. The Morgan fingerprint density at radius 1 is 1.15 bits per heavy atom. The second-order valence-electron chi connectivity index (χ2n) is 5.43. The molecule has 0 aromatic heterocycles. The molecule has 0 atom stereocenters. The first-order chi connectivity index (χ1) is 12.6. The number of aliphatic carboxylic acids is 1. The summed E-state index contributed by atoms with van der Waals surface area (Å²) in [5.41, 5.74) is -0.416. The molecule has 0 fully saturated rings. The summed E-state index contributed by atoms with van der Waals surface area (Å²) >= 11 is 11.9. The topological polar surface area (TPSA) is 73.2 Å². The zero-order valence-corrected chi connectivity index (χ0v) is 15.1. The first-order valence-electron chi connectivity index (χ1n) is 7.47. The third-order valence-corrected chi connectivity index (χ3v) is 4.10. The summed E-state index contributed by atoms with van der Waals surface area (Å²) in [4.78, 5) is 10.6. The van der Waals surface area contributed by atoms with E-state index in [4.69, 9.17) is 33.7 Å². The Morgan fingerprint density at radius 3 is 2.44 bits per heavy atom. The van der Waals surface area contributed by atoms with Crippen LogP contribution in [0.15, 0.2) is 48.6 Å². The van der Waals surface area contributed by atoms with Gasteiger partial charge in [0.15, 0.2) is 0 Å². The van der Waals surface area contributed by atoms with Gasteiger partial charge in [0.05, 0.1) is 11.3 Å². The van der Waals surface area contributed by atoms with Gasteiger partial charge in [-0.2, -0.15) is 13.2 Å². The number of carboxylic acids is 1. The summed E-state index contributed by atoms with van der Waals surface area (Å²) in [6.45, 7) is 0.0836. The number of hydrogen-bond donors (Lipinski definition) is 3. The maximum absolute atomic E-state index is 13.0. The van der Waals surface area contributed by atoms with Crippen molar-refractivity contribution in [3.05, 3.63) is 75.3 Å². The van der Waals surface area contributed by atoms with E-state index in [9.17, 15) is 18.0 Å². The Balaban J connectivity index is 2.37. The number of nitrogens with one attached hydrogen (secondary N) is 2. The zero-order valence-electron chi connectivity index (χ0n) is 13.6. The van der Waals surface area contributed by atoms with Crippen molar-refractivity contribution in [3.63, 3.8) is 0 Å². The van der Waals surface area contributed by atoms with Crippen LogP contribution < -0.4 is 5.32 Å². The highest BCUT2D eigenvalue weighted by atomic mass is 35.5. The summed E-state index contributed by atoms with van der Waals surface area (Å²) in [5.74, 6) is -1.27. The molecule has 0 bridgehead atoms. The van der Waals surface area contributed by atoms with Crippen LogP contribution in [-0.2, 0) is 17.5 Å². The largest absolute Gasteiger partial charge is 0.478 e. The average Bonchev–Trinajstić information content (AvgIpc) is 2.58. The number of benzene rings is 2. The summed E-state index contributed by atoms with van der Waals surface area (Å²) in [6.07, 6.45) is -2.84. The Kier molecular flexibility index (Phi) is 6.51. The zero-order chi connectivity index (χ0) is 20.2. The fourth-order valence-corrected chi connectivity index (χ4v) is 2.68. The van der Waals surface area contributed by atoms with Gasteiger partial charge >= 0.3 is 12.1 Å². The van der Waals surface area contributed by atoms with Gasteiger partial charge in [-0.1, -0.05) is 35.3 Å². The molecule has 0 aliphatic heterocycles. The van der Waals surface area contributed by atoms with Crippen molar-refractivity contribution in [2.75, 3.05) is 5.32 Å². The first-order valence-corrected chi connectivity index (χ1v) is 8.22. The van der Waals surface area contributed by atoms with Crippen LogP contribution in [-0.4, -0.2) is 16.8 Å². The standard InChI is InChI=1S/C18H13Cl2F3N2O2/c19-12-3-1-10(14(20)8-12)9-25-16-7-11(18(21,22)23)2-4-13(16)15(24)5-6-17(26)27/h1-8,24-25H,9H2,(H,26,27)/b6-5-,24-15?. The van der Waals surface area contributed by atoms with E-state index < -0.39 is 17.7 Å². The van der Waals surface area contributed by atoms with Crippen LogP contribution in [0.3, 0.4) is 0 Å². The number of halogens is 5. The fourth-order valence-electron chi connectivity index (χ4n) is 2.20. The molecule has 4 nitrogen and oxygen atoms in total. The summed E-state index contributed by atoms with van der Waals surface area (Å²) in [6, 6.07) is 7.53. The quantitative estimate of drug-likeness (QED) is 0.421. The molecule has 2 aromatic carbocycles. The molecule has 0 aliphatic rings. The van der Waals surface area contributed by atoms with Crippen molar-refractivity contribution in [2.45, 2.75) is 12.7 Å². The molecule has 0 saturated heterocycles. The van der Waals surface area contributed by atoms with Gasteiger partial charge in [-0.05, 0) is 35.9 Å². The molecule has 9 heteroatoms. The minimum Gasteiger partial charge on any atom is -0.478 e. The van der Waals surface area contributed by atoms with Gasteiger partial charge in [0.2, 0.25) is 0 Å². The molecular formula is C18H13Cl2F3N2O2. The number of allylic oxidation sites excluding steroid dienone is 1. The smallest absolute Gasteiger partial charge is 0.416 e. The highest BCUT2D eigenvalue weighted by Gasteiger charge is 2.31. The number of carboxylic acid groups (broad SMARTS) is 1. The molecule has 0 saturated carbocycles. The molecule has 0 unspecified atom stereocenters. The highest BCUT2D eigenvalue weighted by molar-refractivity contribution is 6.35. The lowest BCUT2D eigenvalue weighted by Gasteiger charge is -2.15. The summed E-state index contributed by atoms with van der Waals surface area (Å²) in [5, 5.41) is 20.2. The van der Waals surface area contributed by atoms with Crippen LogP contribution in [0, 0.1) is 5.41 Å². The van der Waals surface area contributed by atoms with Gasteiger partial charge in [0.25, 0.3) is 0 Å². The van der Waals surface area contributed by atoms with E-state index in [1.165, 1.54) is 6.07 Å². The maximum Gasteiger partial charge on any atom is 0.416 e. The SMILES string of the molecule is N=C(/C=C\C(=O)O)c1ccc(C(F)(F)F)cc1NCc1ccc(Cl)cc1Cl. The molecule has 0 spiro atoms. The molecule has 2 rings (SSSR count). The summed E-state index contributed by atoms with van der Waals surface area (Å²) in [7, 11) is 0. The third-order valence-electron chi connectivity index (χ3n) is 3.51. The van der Waals surface area contributed by atoms with E-state index in [2.05, 4.69) is 5.32 Å². The molecule has 0 heterocycles. The second-order valence-corrected chi connectivity index (χ2v) is 6.28. The molecular weight excluding hydrogens is 404 g/mol. The Bertz CT molecular complexity index is 912. The van der Waals surface area contributed by atoms with Gasteiger partial charge in [-0.3, -0.25) is 0 Å². The Morgan fingerprint density at radius 2 is 1.85 bits per heavy atom. The van der Waals surface area contributed by atoms with Crippen molar-refractivity contribution in [3.8, 4) is 0 Å². The van der Waals surface area contributed by atoms with Gasteiger partial charge in [0.1, 0.15) is 0 Å². The molecule has 27 heavy (non-hydrogen) atoms. The first kappa shape index (κ1) is 20.8. The average molecular weight is 417 g/mol. The van der Waals surface area contributed by atoms with Crippen molar-refractivity contribution < 1.29 is 23.1 Å². The molecule has 142 valence electrons. The summed E-state index contributed by atoms with van der Waals surface area (Å²) < 4.78 is 39.1. The maximum atomic E-state index is 13.0. The molecule has 0 aliphatic carbocycles. The van der Waals surface area contributed by atoms with Crippen LogP contribution >= 0.6 is 23.2 Å². The number of rotatable bonds is 6.